The van der Waals surface area contributed by atoms with Gasteiger partial charge in [-0.15, -0.1) is 11.3 Å². The van der Waals surface area contributed by atoms with E-state index in [2.05, 4.69) is 5.32 Å². The first-order valence-electron chi connectivity index (χ1n) is 8.79. The number of amides is 1. The summed E-state index contributed by atoms with van der Waals surface area (Å²) in [6.45, 7) is 3.58. The number of carbonyl (C=O) groups is 1. The van der Waals surface area contributed by atoms with E-state index >= 15 is 0 Å². The SMILES string of the molecule is CNC(=O)/C(C#N)=c1\s/c(=C\c2ccc(C)cc2)c(=O)n1-c1ccc(C)c(F)c1. The van der Waals surface area contributed by atoms with E-state index in [1.165, 1.54) is 17.7 Å². The van der Waals surface area contributed by atoms with Gasteiger partial charge in [-0.25, -0.2) is 4.39 Å². The Balaban J connectivity index is 2.41. The van der Waals surface area contributed by atoms with Gasteiger partial charge in [0.15, 0.2) is 5.57 Å². The zero-order valence-corrected chi connectivity index (χ0v) is 16.9. The Bertz CT molecular complexity index is 1310. The van der Waals surface area contributed by atoms with E-state index in [1.807, 2.05) is 37.3 Å². The van der Waals surface area contributed by atoms with Gasteiger partial charge in [-0.3, -0.25) is 14.2 Å². The molecule has 0 atom stereocenters. The summed E-state index contributed by atoms with van der Waals surface area (Å²) < 4.78 is 15.9. The predicted octanol–water partition coefficient (Wildman–Crippen LogP) is 1.90. The molecule has 0 unspecified atom stereocenters. The lowest BCUT2D eigenvalue weighted by atomic mass is 10.1. The Hall–Kier alpha value is -3.50. The van der Waals surface area contributed by atoms with Gasteiger partial charge in [0.25, 0.3) is 11.5 Å². The molecule has 5 nitrogen and oxygen atoms in total. The maximum absolute atomic E-state index is 14.2. The Morgan fingerprint density at radius 3 is 2.48 bits per heavy atom. The summed E-state index contributed by atoms with van der Waals surface area (Å²) in [5.41, 5.74) is 1.94. The van der Waals surface area contributed by atoms with Gasteiger partial charge < -0.3 is 5.32 Å². The van der Waals surface area contributed by atoms with Crippen LogP contribution in [0.5, 0.6) is 0 Å². The van der Waals surface area contributed by atoms with E-state index in [9.17, 15) is 19.2 Å². The number of thiazole rings is 1. The molecule has 1 heterocycles. The fourth-order valence-corrected chi connectivity index (χ4v) is 3.84. The summed E-state index contributed by atoms with van der Waals surface area (Å²) in [7, 11) is 1.40. The van der Waals surface area contributed by atoms with Crippen LogP contribution in [0.15, 0.2) is 47.3 Å². The maximum Gasteiger partial charge on any atom is 0.273 e. The van der Waals surface area contributed by atoms with Crippen molar-refractivity contribution < 1.29 is 9.18 Å². The van der Waals surface area contributed by atoms with Gasteiger partial charge in [-0.2, -0.15) is 5.26 Å². The molecular weight excluding hydrogens is 389 g/mol. The van der Waals surface area contributed by atoms with Crippen LogP contribution in [0.1, 0.15) is 16.7 Å². The number of nitriles is 1. The molecule has 0 aliphatic carbocycles. The van der Waals surface area contributed by atoms with Crippen LogP contribution < -0.4 is 20.1 Å². The van der Waals surface area contributed by atoms with Gasteiger partial charge >= 0.3 is 0 Å². The molecule has 0 saturated carbocycles. The topological polar surface area (TPSA) is 74.9 Å². The largest absolute Gasteiger partial charge is 0.354 e. The fourth-order valence-electron chi connectivity index (χ4n) is 2.74. The molecule has 1 aromatic heterocycles. The highest BCUT2D eigenvalue weighted by molar-refractivity contribution is 7.07. The van der Waals surface area contributed by atoms with Crippen LogP contribution in [-0.4, -0.2) is 17.5 Å². The molecule has 0 spiro atoms. The number of rotatable bonds is 3. The van der Waals surface area contributed by atoms with Gasteiger partial charge in [0.1, 0.15) is 16.5 Å². The summed E-state index contributed by atoms with van der Waals surface area (Å²) in [6.07, 6.45) is 1.69. The van der Waals surface area contributed by atoms with Crippen molar-refractivity contribution in [1.82, 2.24) is 9.88 Å². The minimum absolute atomic E-state index is 0.151. The van der Waals surface area contributed by atoms with Crippen LogP contribution in [0.25, 0.3) is 17.3 Å². The lowest BCUT2D eigenvalue weighted by Crippen LogP contribution is -2.33. The van der Waals surface area contributed by atoms with Gasteiger partial charge in [-0.1, -0.05) is 35.9 Å². The van der Waals surface area contributed by atoms with Gasteiger partial charge in [0, 0.05) is 7.05 Å². The van der Waals surface area contributed by atoms with Crippen molar-refractivity contribution in [2.75, 3.05) is 7.05 Å². The predicted molar refractivity (Wildman–Crippen MR) is 112 cm³/mol. The zero-order valence-electron chi connectivity index (χ0n) is 16.1. The van der Waals surface area contributed by atoms with E-state index < -0.39 is 17.3 Å². The highest BCUT2D eigenvalue weighted by Gasteiger charge is 2.16. The molecule has 0 saturated heterocycles. The van der Waals surface area contributed by atoms with Crippen molar-refractivity contribution in [1.29, 1.82) is 5.26 Å². The number of nitrogens with zero attached hydrogens (tertiary/aromatic N) is 2. The molecule has 2 aromatic carbocycles. The van der Waals surface area contributed by atoms with Crippen molar-refractivity contribution in [3.63, 3.8) is 0 Å². The van der Waals surface area contributed by atoms with E-state index in [1.54, 1.807) is 25.1 Å². The zero-order chi connectivity index (χ0) is 21.1. The number of aromatic nitrogens is 1. The summed E-state index contributed by atoms with van der Waals surface area (Å²) in [5, 5.41) is 11.9. The minimum atomic E-state index is -0.614. The maximum atomic E-state index is 14.2. The van der Waals surface area contributed by atoms with Crippen molar-refractivity contribution in [2.24, 2.45) is 0 Å². The quantitative estimate of drug-likeness (QED) is 0.721. The van der Waals surface area contributed by atoms with Crippen LogP contribution in [0.3, 0.4) is 0 Å². The second-order valence-electron chi connectivity index (χ2n) is 6.47. The Morgan fingerprint density at radius 2 is 1.90 bits per heavy atom. The summed E-state index contributed by atoms with van der Waals surface area (Å²) in [5.74, 6) is -1.09. The van der Waals surface area contributed by atoms with E-state index in [0.29, 0.717) is 10.1 Å². The number of nitrogens with one attached hydrogen (secondary N) is 1. The minimum Gasteiger partial charge on any atom is -0.354 e. The van der Waals surface area contributed by atoms with Crippen LogP contribution in [0.4, 0.5) is 4.39 Å². The van der Waals surface area contributed by atoms with Crippen molar-refractivity contribution in [2.45, 2.75) is 13.8 Å². The molecule has 1 amide bonds. The summed E-state index contributed by atoms with van der Waals surface area (Å²) >= 11 is 1.02. The Morgan fingerprint density at radius 1 is 1.21 bits per heavy atom. The summed E-state index contributed by atoms with van der Waals surface area (Å²) in [6, 6.07) is 13.8. The van der Waals surface area contributed by atoms with Crippen LogP contribution in [0.2, 0.25) is 0 Å². The lowest BCUT2D eigenvalue weighted by Gasteiger charge is -2.05. The third-order valence-corrected chi connectivity index (χ3v) is 5.48. The third-order valence-electron chi connectivity index (χ3n) is 4.39. The summed E-state index contributed by atoms with van der Waals surface area (Å²) in [4.78, 5) is 25.4. The second kappa shape index (κ2) is 8.25. The highest BCUT2D eigenvalue weighted by atomic mass is 32.1. The van der Waals surface area contributed by atoms with Crippen molar-refractivity contribution in [3.8, 4) is 11.8 Å². The van der Waals surface area contributed by atoms with E-state index in [4.69, 9.17) is 0 Å². The molecule has 3 aromatic rings. The average Bonchev–Trinajstić information content (AvgIpc) is 3.02. The van der Waals surface area contributed by atoms with Crippen molar-refractivity contribution in [3.05, 3.63) is 84.5 Å². The van der Waals surface area contributed by atoms with Crippen LogP contribution in [0, 0.1) is 31.0 Å². The smallest absolute Gasteiger partial charge is 0.273 e. The number of hydrogen-bond acceptors (Lipinski definition) is 4. The molecule has 0 aliphatic heterocycles. The molecule has 0 bridgehead atoms. The van der Waals surface area contributed by atoms with E-state index in [-0.39, 0.29) is 15.9 Å². The number of hydrogen-bond donors (Lipinski definition) is 1. The molecule has 0 aliphatic rings. The van der Waals surface area contributed by atoms with Gasteiger partial charge in [0.2, 0.25) is 0 Å². The first-order chi connectivity index (χ1) is 13.8. The van der Waals surface area contributed by atoms with Gasteiger partial charge in [0.05, 0.1) is 10.2 Å². The number of halogens is 1. The third kappa shape index (κ3) is 4.03. The number of carbonyl (C=O) groups excluding carboxylic acids is 1. The average molecular weight is 407 g/mol. The Labute approximate surface area is 170 Å². The molecule has 146 valence electrons. The number of aryl methyl sites for hydroxylation is 2. The standard InChI is InChI=1S/C22H18FN3O2S/c1-13-4-7-15(8-5-13)10-19-21(28)26(16-9-6-14(2)18(23)11-16)22(29-19)17(12-24)20(27)25-3/h4-11H,1-3H3,(H,25,27)/b19-10-,22-17-. The molecule has 1 N–H and O–H groups in total. The van der Waals surface area contributed by atoms with E-state index in [0.717, 1.165) is 22.5 Å². The first kappa shape index (κ1) is 20.2. The Kier molecular flexibility index (Phi) is 5.76. The first-order valence-corrected chi connectivity index (χ1v) is 9.60. The van der Waals surface area contributed by atoms with Crippen LogP contribution >= 0.6 is 11.3 Å². The van der Waals surface area contributed by atoms with Crippen molar-refractivity contribution >= 4 is 28.9 Å². The highest BCUT2D eigenvalue weighted by Crippen LogP contribution is 2.11. The molecule has 29 heavy (non-hydrogen) atoms. The normalized spacial score (nSPS) is 12.4. The molecule has 7 heteroatoms. The second-order valence-corrected chi connectivity index (χ2v) is 7.50. The lowest BCUT2D eigenvalue weighted by molar-refractivity contribution is -0.115. The van der Waals surface area contributed by atoms with Crippen LogP contribution in [-0.2, 0) is 4.79 Å². The molecular formula is C22H18FN3O2S. The fraction of sp³-hybridized carbons (Fsp3) is 0.136. The molecule has 3 rings (SSSR count). The molecule has 0 radical (unpaired) electrons. The molecule has 0 fully saturated rings. The monoisotopic (exact) mass is 407 g/mol. The number of benzene rings is 2. The van der Waals surface area contributed by atoms with Gasteiger partial charge in [-0.05, 0) is 43.2 Å².